The first-order chi connectivity index (χ1) is 12.6. The summed E-state index contributed by atoms with van der Waals surface area (Å²) in [6.07, 6.45) is 1.93. The van der Waals surface area contributed by atoms with Gasteiger partial charge in [0.25, 0.3) is 11.5 Å². The molecule has 2 amide bonds. The molecule has 8 heteroatoms. The lowest BCUT2D eigenvalue weighted by Crippen LogP contribution is -2.34. The third kappa shape index (κ3) is 4.35. The molecule has 2 aromatic heterocycles. The molecule has 3 rings (SSSR count). The number of aromatic amines is 1. The van der Waals surface area contributed by atoms with Crippen molar-refractivity contribution in [1.29, 1.82) is 0 Å². The standard InChI is InChI=1S/C18H18N4O4/c23-16(19-9-10-20-18(25)14-6-3-11-26-14)8-7-15-21-13-5-2-1-4-12(13)17(24)22-15/h1-6,11H,7-10H2,(H,19,23)(H,20,25)(H,21,22,24). The molecular formula is C18H18N4O4. The van der Waals surface area contributed by atoms with Gasteiger partial charge in [-0.05, 0) is 24.3 Å². The number of carbonyl (C=O) groups excluding carboxylic acids is 2. The lowest BCUT2D eigenvalue weighted by molar-refractivity contribution is -0.121. The second-order valence-electron chi connectivity index (χ2n) is 5.61. The second kappa shape index (κ2) is 8.11. The van der Waals surface area contributed by atoms with Crippen LogP contribution in [0.3, 0.4) is 0 Å². The zero-order valence-electron chi connectivity index (χ0n) is 14.0. The number of furan rings is 1. The van der Waals surface area contributed by atoms with Crippen LogP contribution in [0.1, 0.15) is 22.8 Å². The van der Waals surface area contributed by atoms with Gasteiger partial charge in [0.2, 0.25) is 5.91 Å². The zero-order chi connectivity index (χ0) is 18.4. The number of hydrogen-bond donors (Lipinski definition) is 3. The number of fused-ring (bicyclic) bond motifs is 1. The summed E-state index contributed by atoms with van der Waals surface area (Å²) < 4.78 is 4.97. The van der Waals surface area contributed by atoms with Crippen LogP contribution in [-0.2, 0) is 11.2 Å². The zero-order valence-corrected chi connectivity index (χ0v) is 14.0. The van der Waals surface area contributed by atoms with Gasteiger partial charge in [0.05, 0.1) is 17.2 Å². The van der Waals surface area contributed by atoms with Crippen LogP contribution in [0.2, 0.25) is 0 Å². The molecule has 0 spiro atoms. The fourth-order valence-corrected chi connectivity index (χ4v) is 2.45. The average molecular weight is 354 g/mol. The first-order valence-electron chi connectivity index (χ1n) is 8.20. The van der Waals surface area contributed by atoms with Crippen LogP contribution < -0.4 is 16.2 Å². The number of benzene rings is 1. The Bertz CT molecular complexity index is 963. The molecule has 0 aliphatic heterocycles. The van der Waals surface area contributed by atoms with E-state index in [0.29, 0.717) is 29.7 Å². The predicted octanol–water partition coefficient (Wildman–Crippen LogP) is 0.995. The van der Waals surface area contributed by atoms with E-state index in [2.05, 4.69) is 20.6 Å². The highest BCUT2D eigenvalue weighted by Gasteiger charge is 2.08. The summed E-state index contributed by atoms with van der Waals surface area (Å²) in [4.78, 5) is 42.5. The van der Waals surface area contributed by atoms with Crippen molar-refractivity contribution < 1.29 is 14.0 Å². The summed E-state index contributed by atoms with van der Waals surface area (Å²) in [5, 5.41) is 5.86. The molecule has 0 bridgehead atoms. The van der Waals surface area contributed by atoms with E-state index in [4.69, 9.17) is 4.42 Å². The number of nitrogens with zero attached hydrogens (tertiary/aromatic N) is 1. The van der Waals surface area contributed by atoms with E-state index in [1.54, 1.807) is 30.3 Å². The van der Waals surface area contributed by atoms with E-state index in [1.807, 2.05) is 6.07 Å². The van der Waals surface area contributed by atoms with Gasteiger partial charge in [-0.2, -0.15) is 0 Å². The molecule has 0 aliphatic carbocycles. The molecule has 0 fully saturated rings. The number of H-pyrrole nitrogens is 1. The molecule has 2 heterocycles. The largest absolute Gasteiger partial charge is 0.459 e. The first kappa shape index (κ1) is 17.4. The third-order valence-corrected chi connectivity index (χ3v) is 3.73. The predicted molar refractivity (Wildman–Crippen MR) is 94.7 cm³/mol. The summed E-state index contributed by atoms with van der Waals surface area (Å²) in [5.74, 6) is 0.174. The van der Waals surface area contributed by atoms with Gasteiger partial charge < -0.3 is 20.0 Å². The first-order valence-corrected chi connectivity index (χ1v) is 8.20. The van der Waals surface area contributed by atoms with Gasteiger partial charge in [0.1, 0.15) is 5.82 Å². The highest BCUT2D eigenvalue weighted by atomic mass is 16.3. The van der Waals surface area contributed by atoms with Crippen molar-refractivity contribution in [3.8, 4) is 0 Å². The molecule has 26 heavy (non-hydrogen) atoms. The Hall–Kier alpha value is -3.42. The quantitative estimate of drug-likeness (QED) is 0.547. The molecule has 134 valence electrons. The topological polar surface area (TPSA) is 117 Å². The molecule has 0 saturated carbocycles. The lowest BCUT2D eigenvalue weighted by atomic mass is 10.2. The van der Waals surface area contributed by atoms with Gasteiger partial charge >= 0.3 is 0 Å². The summed E-state index contributed by atoms with van der Waals surface area (Å²) in [7, 11) is 0. The van der Waals surface area contributed by atoms with Crippen LogP contribution in [0.15, 0.2) is 51.9 Å². The van der Waals surface area contributed by atoms with E-state index in [1.165, 1.54) is 6.26 Å². The maximum atomic E-state index is 12.0. The Balaban J connectivity index is 1.43. The summed E-state index contributed by atoms with van der Waals surface area (Å²) in [6, 6.07) is 10.2. The summed E-state index contributed by atoms with van der Waals surface area (Å²) >= 11 is 0. The fourth-order valence-electron chi connectivity index (χ4n) is 2.45. The van der Waals surface area contributed by atoms with Crippen molar-refractivity contribution in [2.24, 2.45) is 0 Å². The molecule has 3 aromatic rings. The van der Waals surface area contributed by atoms with E-state index < -0.39 is 0 Å². The van der Waals surface area contributed by atoms with Crippen molar-refractivity contribution >= 4 is 22.7 Å². The number of amides is 2. The van der Waals surface area contributed by atoms with Crippen LogP contribution in [0.25, 0.3) is 10.9 Å². The Morgan fingerprint density at radius 1 is 1.08 bits per heavy atom. The molecule has 0 atom stereocenters. The number of nitrogens with one attached hydrogen (secondary N) is 3. The number of aryl methyl sites for hydroxylation is 1. The van der Waals surface area contributed by atoms with Crippen molar-refractivity contribution in [3.05, 3.63) is 64.6 Å². The number of rotatable bonds is 7. The van der Waals surface area contributed by atoms with Crippen molar-refractivity contribution in [2.75, 3.05) is 13.1 Å². The van der Waals surface area contributed by atoms with Crippen molar-refractivity contribution in [3.63, 3.8) is 0 Å². The molecule has 0 unspecified atom stereocenters. The van der Waals surface area contributed by atoms with Gasteiger partial charge in [-0.15, -0.1) is 0 Å². The van der Waals surface area contributed by atoms with Gasteiger partial charge in [0.15, 0.2) is 5.76 Å². The summed E-state index contributed by atoms with van der Waals surface area (Å²) in [6.45, 7) is 0.587. The number of para-hydroxylation sites is 1. The minimum absolute atomic E-state index is 0.187. The van der Waals surface area contributed by atoms with Gasteiger partial charge in [0, 0.05) is 25.9 Å². The molecule has 0 aliphatic rings. The minimum Gasteiger partial charge on any atom is -0.459 e. The molecule has 0 saturated heterocycles. The SMILES string of the molecule is O=C(CCc1nc2ccccc2c(=O)[nH]1)NCCNC(=O)c1ccco1. The third-order valence-electron chi connectivity index (χ3n) is 3.73. The molecular weight excluding hydrogens is 336 g/mol. The monoisotopic (exact) mass is 354 g/mol. The highest BCUT2D eigenvalue weighted by Crippen LogP contribution is 2.06. The Morgan fingerprint density at radius 3 is 2.69 bits per heavy atom. The number of aromatic nitrogens is 2. The van der Waals surface area contributed by atoms with Gasteiger partial charge in [-0.3, -0.25) is 14.4 Å². The Labute approximate surface area is 148 Å². The molecule has 1 aromatic carbocycles. The maximum Gasteiger partial charge on any atom is 0.287 e. The fraction of sp³-hybridized carbons (Fsp3) is 0.222. The van der Waals surface area contributed by atoms with Gasteiger partial charge in [-0.1, -0.05) is 12.1 Å². The molecule has 0 radical (unpaired) electrons. The van der Waals surface area contributed by atoms with Crippen molar-refractivity contribution in [1.82, 2.24) is 20.6 Å². The van der Waals surface area contributed by atoms with Crippen LogP contribution >= 0.6 is 0 Å². The highest BCUT2D eigenvalue weighted by molar-refractivity contribution is 5.91. The number of hydrogen-bond acceptors (Lipinski definition) is 5. The van der Waals surface area contributed by atoms with Crippen LogP contribution in [-0.4, -0.2) is 34.9 Å². The second-order valence-corrected chi connectivity index (χ2v) is 5.61. The van der Waals surface area contributed by atoms with Gasteiger partial charge in [-0.25, -0.2) is 4.98 Å². The van der Waals surface area contributed by atoms with Crippen LogP contribution in [0.5, 0.6) is 0 Å². The maximum absolute atomic E-state index is 12.0. The molecule has 8 nitrogen and oxygen atoms in total. The van der Waals surface area contributed by atoms with E-state index in [0.717, 1.165) is 0 Å². The van der Waals surface area contributed by atoms with E-state index in [9.17, 15) is 14.4 Å². The normalized spacial score (nSPS) is 10.6. The van der Waals surface area contributed by atoms with E-state index >= 15 is 0 Å². The smallest absolute Gasteiger partial charge is 0.287 e. The Morgan fingerprint density at radius 2 is 1.88 bits per heavy atom. The average Bonchev–Trinajstić information content (AvgIpc) is 3.18. The summed E-state index contributed by atoms with van der Waals surface area (Å²) in [5.41, 5.74) is 0.388. The molecule has 3 N–H and O–H groups in total. The number of carbonyl (C=O) groups is 2. The van der Waals surface area contributed by atoms with Crippen LogP contribution in [0.4, 0.5) is 0 Å². The minimum atomic E-state index is -0.331. The van der Waals surface area contributed by atoms with Crippen LogP contribution in [0, 0.1) is 0 Å². The lowest BCUT2D eigenvalue weighted by Gasteiger charge is -2.06. The van der Waals surface area contributed by atoms with Crippen molar-refractivity contribution in [2.45, 2.75) is 12.8 Å². The van der Waals surface area contributed by atoms with E-state index in [-0.39, 0.29) is 36.1 Å². The Kier molecular flexibility index (Phi) is 5.43.